The van der Waals surface area contributed by atoms with Crippen molar-refractivity contribution in [3.05, 3.63) is 47.0 Å². The van der Waals surface area contributed by atoms with Gasteiger partial charge in [-0.25, -0.2) is 4.37 Å². The van der Waals surface area contributed by atoms with E-state index in [1.54, 1.807) is 0 Å². The van der Waals surface area contributed by atoms with Crippen LogP contribution in [0.3, 0.4) is 0 Å². The molecule has 1 aromatic heterocycles. The zero-order chi connectivity index (χ0) is 13.2. The van der Waals surface area contributed by atoms with Gasteiger partial charge in [-0.15, -0.1) is 0 Å². The molecule has 0 radical (unpaired) electrons. The maximum Gasteiger partial charge on any atom is 0.418 e. The molecule has 94 valence electrons. The number of carbonyl (C=O) groups excluding carboxylic acids is 1. The average molecular weight is 272 g/mol. The van der Waals surface area contributed by atoms with Gasteiger partial charge in [-0.1, -0.05) is 12.1 Å². The van der Waals surface area contributed by atoms with Gasteiger partial charge in [0.15, 0.2) is 0 Å². The number of amides is 1. The van der Waals surface area contributed by atoms with Crippen LogP contribution < -0.4 is 5.32 Å². The number of nitrogens with one attached hydrogen (secondary N) is 1. The molecule has 0 saturated heterocycles. The van der Waals surface area contributed by atoms with Crippen LogP contribution in [0.4, 0.5) is 18.9 Å². The zero-order valence-electron chi connectivity index (χ0n) is 8.86. The molecule has 0 aliphatic carbocycles. The molecule has 0 unspecified atom stereocenters. The van der Waals surface area contributed by atoms with E-state index in [1.165, 1.54) is 30.5 Å². The lowest BCUT2D eigenvalue weighted by atomic mass is 10.1. The van der Waals surface area contributed by atoms with Gasteiger partial charge in [-0.05, 0) is 29.7 Å². The van der Waals surface area contributed by atoms with E-state index in [4.69, 9.17) is 0 Å². The first kappa shape index (κ1) is 12.6. The summed E-state index contributed by atoms with van der Waals surface area (Å²) in [6.07, 6.45) is -3.09. The molecule has 1 aromatic carbocycles. The molecule has 1 amide bonds. The normalized spacial score (nSPS) is 11.3. The fourth-order valence-electron chi connectivity index (χ4n) is 1.36. The quantitative estimate of drug-likeness (QED) is 0.910. The summed E-state index contributed by atoms with van der Waals surface area (Å²) >= 11 is 0.920. The summed E-state index contributed by atoms with van der Waals surface area (Å²) in [7, 11) is 0. The van der Waals surface area contributed by atoms with E-state index in [2.05, 4.69) is 9.69 Å². The van der Waals surface area contributed by atoms with Crippen molar-refractivity contribution in [2.75, 3.05) is 5.32 Å². The molecule has 7 heteroatoms. The van der Waals surface area contributed by atoms with Crippen molar-refractivity contribution < 1.29 is 18.0 Å². The molecule has 1 heterocycles. The predicted molar refractivity (Wildman–Crippen MR) is 61.5 cm³/mol. The van der Waals surface area contributed by atoms with Gasteiger partial charge in [0.25, 0.3) is 5.91 Å². The Bertz CT molecular complexity index is 552. The Hall–Kier alpha value is -1.89. The number of alkyl halides is 3. The Morgan fingerprint density at radius 1 is 1.22 bits per heavy atom. The SMILES string of the molecule is O=C(Nc1ccccc1C(F)(F)F)c1ccns1. The van der Waals surface area contributed by atoms with Crippen molar-refractivity contribution >= 4 is 23.1 Å². The molecular weight excluding hydrogens is 265 g/mol. The highest BCUT2D eigenvalue weighted by Gasteiger charge is 2.33. The van der Waals surface area contributed by atoms with Crippen LogP contribution in [0.2, 0.25) is 0 Å². The summed E-state index contributed by atoms with van der Waals surface area (Å²) in [5, 5.41) is 2.23. The summed E-state index contributed by atoms with van der Waals surface area (Å²) < 4.78 is 41.8. The highest BCUT2D eigenvalue weighted by molar-refractivity contribution is 7.08. The van der Waals surface area contributed by atoms with Crippen LogP contribution in [-0.4, -0.2) is 10.3 Å². The van der Waals surface area contributed by atoms with E-state index in [1.807, 2.05) is 0 Å². The third-order valence-corrected chi connectivity index (χ3v) is 2.89. The molecule has 0 spiro atoms. The van der Waals surface area contributed by atoms with Crippen LogP contribution in [0.25, 0.3) is 0 Å². The van der Waals surface area contributed by atoms with E-state index in [0.717, 1.165) is 17.6 Å². The van der Waals surface area contributed by atoms with E-state index in [0.29, 0.717) is 0 Å². The largest absolute Gasteiger partial charge is 0.418 e. The molecule has 1 N–H and O–H groups in total. The van der Waals surface area contributed by atoms with Crippen LogP contribution in [0, 0.1) is 0 Å². The molecule has 0 fully saturated rings. The van der Waals surface area contributed by atoms with Crippen molar-refractivity contribution in [2.24, 2.45) is 0 Å². The van der Waals surface area contributed by atoms with Crippen molar-refractivity contribution in [3.8, 4) is 0 Å². The molecule has 0 aliphatic heterocycles. The fourth-order valence-corrected chi connectivity index (χ4v) is 1.85. The van der Waals surface area contributed by atoms with Gasteiger partial charge in [-0.2, -0.15) is 13.2 Å². The van der Waals surface area contributed by atoms with Crippen molar-refractivity contribution in [2.45, 2.75) is 6.18 Å². The van der Waals surface area contributed by atoms with Crippen molar-refractivity contribution in [1.29, 1.82) is 0 Å². The van der Waals surface area contributed by atoms with Gasteiger partial charge in [-0.3, -0.25) is 4.79 Å². The van der Waals surface area contributed by atoms with E-state index in [-0.39, 0.29) is 10.6 Å². The lowest BCUT2D eigenvalue weighted by molar-refractivity contribution is -0.136. The topological polar surface area (TPSA) is 42.0 Å². The van der Waals surface area contributed by atoms with Crippen LogP contribution in [0.5, 0.6) is 0 Å². The molecular formula is C11H7F3N2OS. The Morgan fingerprint density at radius 3 is 2.56 bits per heavy atom. The van der Waals surface area contributed by atoms with E-state index in [9.17, 15) is 18.0 Å². The molecule has 2 aromatic rings. The van der Waals surface area contributed by atoms with Crippen molar-refractivity contribution in [3.63, 3.8) is 0 Å². The third-order valence-electron chi connectivity index (χ3n) is 2.14. The number of nitrogens with zero attached hydrogens (tertiary/aromatic N) is 1. The van der Waals surface area contributed by atoms with Gasteiger partial charge in [0, 0.05) is 6.20 Å². The Kier molecular flexibility index (Phi) is 3.33. The number of para-hydroxylation sites is 1. The van der Waals surface area contributed by atoms with Gasteiger partial charge in [0.2, 0.25) is 0 Å². The lowest BCUT2D eigenvalue weighted by Crippen LogP contribution is -2.15. The number of aromatic nitrogens is 1. The number of benzene rings is 1. The van der Waals surface area contributed by atoms with Gasteiger partial charge >= 0.3 is 6.18 Å². The molecule has 0 aliphatic rings. The molecule has 3 nitrogen and oxygen atoms in total. The predicted octanol–water partition coefficient (Wildman–Crippen LogP) is 3.41. The number of hydrogen-bond acceptors (Lipinski definition) is 3. The van der Waals surface area contributed by atoms with Gasteiger partial charge < -0.3 is 5.32 Å². The second-order valence-corrected chi connectivity index (χ2v) is 4.21. The smallest absolute Gasteiger partial charge is 0.321 e. The minimum atomic E-state index is -4.50. The van der Waals surface area contributed by atoms with Gasteiger partial charge in [0.05, 0.1) is 11.3 Å². The maximum absolute atomic E-state index is 12.7. The summed E-state index contributed by atoms with van der Waals surface area (Å²) in [5.74, 6) is -0.603. The highest BCUT2D eigenvalue weighted by atomic mass is 32.1. The second kappa shape index (κ2) is 4.77. The number of carbonyl (C=O) groups is 1. The highest BCUT2D eigenvalue weighted by Crippen LogP contribution is 2.34. The third kappa shape index (κ3) is 2.67. The first-order chi connectivity index (χ1) is 8.48. The van der Waals surface area contributed by atoms with E-state index < -0.39 is 17.6 Å². The van der Waals surface area contributed by atoms with Crippen LogP contribution in [0.15, 0.2) is 36.5 Å². The first-order valence-corrected chi connectivity index (χ1v) is 5.64. The Labute approximate surface area is 104 Å². The van der Waals surface area contributed by atoms with E-state index >= 15 is 0 Å². The average Bonchev–Trinajstić information content (AvgIpc) is 2.81. The summed E-state index contributed by atoms with van der Waals surface area (Å²) in [5.41, 5.74) is -1.13. The molecule has 2 rings (SSSR count). The number of halogens is 3. The fraction of sp³-hybridized carbons (Fsp3) is 0.0909. The van der Waals surface area contributed by atoms with Crippen molar-refractivity contribution in [1.82, 2.24) is 4.37 Å². The second-order valence-electron chi connectivity index (χ2n) is 3.37. The summed E-state index contributed by atoms with van der Waals surface area (Å²) in [6, 6.07) is 6.27. The lowest BCUT2D eigenvalue weighted by Gasteiger charge is -2.12. The Morgan fingerprint density at radius 2 is 1.94 bits per heavy atom. The Balaban J connectivity index is 2.27. The monoisotopic (exact) mass is 272 g/mol. The minimum absolute atomic E-state index is 0.256. The minimum Gasteiger partial charge on any atom is -0.321 e. The molecule has 0 saturated carbocycles. The standard InChI is InChI=1S/C11H7F3N2OS/c12-11(13,14)7-3-1-2-4-8(7)16-10(17)9-5-6-15-18-9/h1-6H,(H,16,17). The van der Waals surface area contributed by atoms with Crippen LogP contribution in [0.1, 0.15) is 15.2 Å². The zero-order valence-corrected chi connectivity index (χ0v) is 9.68. The molecule has 18 heavy (non-hydrogen) atoms. The first-order valence-electron chi connectivity index (χ1n) is 4.87. The number of anilines is 1. The van der Waals surface area contributed by atoms with Crippen LogP contribution in [-0.2, 0) is 6.18 Å². The summed E-state index contributed by atoms with van der Waals surface area (Å²) in [4.78, 5) is 11.9. The van der Waals surface area contributed by atoms with Gasteiger partial charge in [0.1, 0.15) is 4.88 Å². The maximum atomic E-state index is 12.7. The van der Waals surface area contributed by atoms with Crippen LogP contribution >= 0.6 is 11.5 Å². The summed E-state index contributed by atoms with van der Waals surface area (Å²) in [6.45, 7) is 0. The molecule has 0 bridgehead atoms. The number of hydrogen-bond donors (Lipinski definition) is 1. The molecule has 0 atom stereocenters. The number of rotatable bonds is 2.